The third-order valence-electron chi connectivity index (χ3n) is 2.54. The highest BCUT2D eigenvalue weighted by atomic mass is 32.1. The van der Waals surface area contributed by atoms with E-state index in [1.165, 1.54) is 4.88 Å². The minimum atomic E-state index is 0.563. The summed E-state index contributed by atoms with van der Waals surface area (Å²) < 4.78 is 0. The number of hydrogen-bond donors (Lipinski definition) is 1. The average Bonchev–Trinajstić information content (AvgIpc) is 2.68. The van der Waals surface area contributed by atoms with Gasteiger partial charge in [-0.2, -0.15) is 0 Å². The maximum atomic E-state index is 5.51. The van der Waals surface area contributed by atoms with Gasteiger partial charge in [0.2, 0.25) is 0 Å². The van der Waals surface area contributed by atoms with Crippen LogP contribution in [0.25, 0.3) is 0 Å². The molecule has 0 atom stereocenters. The molecule has 2 nitrogen and oxygen atoms in total. The van der Waals surface area contributed by atoms with Crippen LogP contribution in [0.4, 0.5) is 0 Å². The lowest BCUT2D eigenvalue weighted by Gasteiger charge is -2.25. The van der Waals surface area contributed by atoms with Gasteiger partial charge in [0.15, 0.2) is 0 Å². The number of thiophene rings is 1. The highest BCUT2D eigenvalue weighted by Gasteiger charge is 2.10. The summed E-state index contributed by atoms with van der Waals surface area (Å²) in [6.45, 7) is 6.56. The first kappa shape index (κ1) is 13.6. The predicted molar refractivity (Wildman–Crippen MR) is 75.9 cm³/mol. The maximum Gasteiger partial charge on any atom is 0.0727 e. The Morgan fingerprint density at radius 3 is 2.81 bits per heavy atom. The molecule has 16 heavy (non-hydrogen) atoms. The first-order valence-electron chi connectivity index (χ1n) is 5.64. The summed E-state index contributed by atoms with van der Waals surface area (Å²) >= 11 is 6.71. The number of nitrogens with two attached hydrogens (primary N) is 1. The van der Waals surface area contributed by atoms with Crippen LogP contribution in [0.15, 0.2) is 17.5 Å². The minimum Gasteiger partial charge on any atom is -0.393 e. The molecule has 0 saturated heterocycles. The second-order valence-electron chi connectivity index (χ2n) is 4.21. The van der Waals surface area contributed by atoms with E-state index in [1.54, 1.807) is 0 Å². The number of nitrogens with zero attached hydrogens (tertiary/aromatic N) is 1. The fourth-order valence-corrected chi connectivity index (χ4v) is 2.45. The van der Waals surface area contributed by atoms with E-state index in [4.69, 9.17) is 18.0 Å². The van der Waals surface area contributed by atoms with Gasteiger partial charge >= 0.3 is 0 Å². The van der Waals surface area contributed by atoms with Gasteiger partial charge in [-0.05, 0) is 44.7 Å². The molecule has 0 saturated carbocycles. The molecule has 0 amide bonds. The lowest BCUT2D eigenvalue weighted by atomic mass is 10.2. The average molecular weight is 256 g/mol. The van der Waals surface area contributed by atoms with E-state index in [9.17, 15) is 0 Å². The summed E-state index contributed by atoms with van der Waals surface area (Å²) in [7, 11) is 0. The Hall–Kier alpha value is -0.450. The monoisotopic (exact) mass is 256 g/mol. The molecular formula is C12H20N2S2. The summed E-state index contributed by atoms with van der Waals surface area (Å²) in [4.78, 5) is 4.51. The van der Waals surface area contributed by atoms with Crippen LogP contribution in [-0.4, -0.2) is 22.5 Å². The molecule has 0 aliphatic carbocycles. The lowest BCUT2D eigenvalue weighted by molar-refractivity contribution is 0.213. The first-order valence-corrected chi connectivity index (χ1v) is 6.93. The van der Waals surface area contributed by atoms with Crippen molar-refractivity contribution in [1.29, 1.82) is 0 Å². The molecule has 4 heteroatoms. The fourth-order valence-electron chi connectivity index (χ4n) is 1.58. The summed E-state index contributed by atoms with van der Waals surface area (Å²) in [5, 5.41) is 2.13. The van der Waals surface area contributed by atoms with Crippen molar-refractivity contribution in [3.8, 4) is 0 Å². The van der Waals surface area contributed by atoms with Crippen molar-refractivity contribution in [2.75, 3.05) is 6.54 Å². The highest BCUT2D eigenvalue weighted by Crippen LogP contribution is 2.14. The van der Waals surface area contributed by atoms with E-state index in [0.29, 0.717) is 11.0 Å². The smallest absolute Gasteiger partial charge is 0.0727 e. The Labute approximate surface area is 107 Å². The van der Waals surface area contributed by atoms with Crippen LogP contribution in [0.2, 0.25) is 0 Å². The van der Waals surface area contributed by atoms with Crippen LogP contribution in [0, 0.1) is 0 Å². The summed E-state index contributed by atoms with van der Waals surface area (Å²) in [6.07, 6.45) is 1.90. The van der Waals surface area contributed by atoms with Crippen molar-refractivity contribution in [3.05, 3.63) is 22.4 Å². The zero-order valence-corrected chi connectivity index (χ0v) is 11.6. The Bertz CT molecular complexity index is 307. The Balaban J connectivity index is 2.39. The maximum absolute atomic E-state index is 5.51. The Morgan fingerprint density at radius 2 is 2.31 bits per heavy atom. The van der Waals surface area contributed by atoms with Crippen LogP contribution in [0.5, 0.6) is 0 Å². The van der Waals surface area contributed by atoms with Gasteiger partial charge in [-0.3, -0.25) is 4.90 Å². The number of thiocarbonyl (C=S) groups is 1. The van der Waals surface area contributed by atoms with E-state index in [0.717, 1.165) is 25.9 Å². The Morgan fingerprint density at radius 1 is 1.56 bits per heavy atom. The van der Waals surface area contributed by atoms with Gasteiger partial charge in [-0.1, -0.05) is 18.3 Å². The van der Waals surface area contributed by atoms with Crippen LogP contribution in [-0.2, 0) is 6.54 Å². The zero-order chi connectivity index (χ0) is 12.0. The van der Waals surface area contributed by atoms with Crippen molar-refractivity contribution in [2.24, 2.45) is 5.73 Å². The van der Waals surface area contributed by atoms with E-state index < -0.39 is 0 Å². The molecule has 1 rings (SSSR count). The molecule has 0 aliphatic rings. The molecule has 0 spiro atoms. The molecule has 2 N–H and O–H groups in total. The van der Waals surface area contributed by atoms with Crippen LogP contribution in [0.3, 0.4) is 0 Å². The van der Waals surface area contributed by atoms with E-state index in [-0.39, 0.29) is 0 Å². The standard InChI is InChI=1S/C12H20N2S2/c1-10(2)14(7-3-6-12(13)15)9-11-5-4-8-16-11/h4-5,8,10H,3,6-7,9H2,1-2H3,(H2,13,15). The van der Waals surface area contributed by atoms with Crippen molar-refractivity contribution in [2.45, 2.75) is 39.3 Å². The summed E-state index contributed by atoms with van der Waals surface area (Å²) in [6, 6.07) is 4.86. The van der Waals surface area contributed by atoms with Crippen molar-refractivity contribution in [1.82, 2.24) is 4.90 Å². The van der Waals surface area contributed by atoms with Gasteiger partial charge in [-0.15, -0.1) is 11.3 Å². The SMILES string of the molecule is CC(C)N(CCCC(N)=S)Cc1cccs1. The van der Waals surface area contributed by atoms with Gasteiger partial charge in [0.25, 0.3) is 0 Å². The van der Waals surface area contributed by atoms with E-state index in [2.05, 4.69) is 36.3 Å². The highest BCUT2D eigenvalue weighted by molar-refractivity contribution is 7.80. The quantitative estimate of drug-likeness (QED) is 0.760. The molecule has 1 aromatic rings. The largest absolute Gasteiger partial charge is 0.393 e. The van der Waals surface area contributed by atoms with Crippen LogP contribution < -0.4 is 5.73 Å². The molecule has 1 heterocycles. The van der Waals surface area contributed by atoms with Crippen molar-refractivity contribution >= 4 is 28.5 Å². The normalized spacial score (nSPS) is 11.2. The van der Waals surface area contributed by atoms with E-state index >= 15 is 0 Å². The second-order valence-corrected chi connectivity index (χ2v) is 5.77. The molecule has 0 unspecified atom stereocenters. The van der Waals surface area contributed by atoms with Gasteiger partial charge in [0.05, 0.1) is 4.99 Å². The number of hydrogen-bond acceptors (Lipinski definition) is 3. The van der Waals surface area contributed by atoms with Gasteiger partial charge in [0.1, 0.15) is 0 Å². The predicted octanol–water partition coefficient (Wildman–Crippen LogP) is 3.02. The van der Waals surface area contributed by atoms with Crippen LogP contribution >= 0.6 is 23.6 Å². The minimum absolute atomic E-state index is 0.563. The molecule has 0 radical (unpaired) electrons. The van der Waals surface area contributed by atoms with E-state index in [1.807, 2.05) is 11.3 Å². The Kier molecular flexibility index (Phi) is 5.95. The molecular weight excluding hydrogens is 236 g/mol. The summed E-state index contributed by atoms with van der Waals surface area (Å²) in [5.74, 6) is 0. The topological polar surface area (TPSA) is 29.3 Å². The van der Waals surface area contributed by atoms with Gasteiger partial charge in [0, 0.05) is 17.5 Å². The zero-order valence-electron chi connectivity index (χ0n) is 9.98. The fraction of sp³-hybridized carbons (Fsp3) is 0.583. The molecule has 90 valence electrons. The van der Waals surface area contributed by atoms with Crippen molar-refractivity contribution in [3.63, 3.8) is 0 Å². The molecule has 0 aliphatic heterocycles. The van der Waals surface area contributed by atoms with Crippen molar-refractivity contribution < 1.29 is 0 Å². The van der Waals surface area contributed by atoms with Gasteiger partial charge in [-0.25, -0.2) is 0 Å². The van der Waals surface area contributed by atoms with Crippen LogP contribution in [0.1, 0.15) is 31.6 Å². The molecule has 0 aromatic carbocycles. The lowest BCUT2D eigenvalue weighted by Crippen LogP contribution is -2.31. The molecule has 0 bridgehead atoms. The third-order valence-corrected chi connectivity index (χ3v) is 3.60. The molecule has 1 aromatic heterocycles. The second kappa shape index (κ2) is 6.99. The first-order chi connectivity index (χ1) is 7.59. The number of rotatable bonds is 7. The molecule has 0 fully saturated rings. The van der Waals surface area contributed by atoms with Gasteiger partial charge < -0.3 is 5.73 Å². The summed E-state index contributed by atoms with van der Waals surface area (Å²) in [5.41, 5.74) is 5.51. The third kappa shape index (κ3) is 5.05.